The zero-order chi connectivity index (χ0) is 17.2. The lowest BCUT2D eigenvalue weighted by molar-refractivity contribution is 0.0595. The summed E-state index contributed by atoms with van der Waals surface area (Å²) in [6.07, 6.45) is 1.52. The summed E-state index contributed by atoms with van der Waals surface area (Å²) >= 11 is 5.91. The number of benzene rings is 1. The number of anilines is 1. The number of esters is 1. The number of pyridine rings is 1. The summed E-state index contributed by atoms with van der Waals surface area (Å²) < 4.78 is 4.82. The molecular weight excluding hydrogens is 328 g/mol. The van der Waals surface area contributed by atoms with Crippen molar-refractivity contribution in [3.05, 3.63) is 41.7 Å². The minimum absolute atomic E-state index is 0.208. The van der Waals surface area contributed by atoms with Crippen molar-refractivity contribution in [2.24, 2.45) is 0 Å². The summed E-state index contributed by atoms with van der Waals surface area (Å²) in [6.45, 7) is 6.85. The van der Waals surface area contributed by atoms with E-state index in [2.05, 4.69) is 36.8 Å². The highest BCUT2D eigenvalue weighted by atomic mass is 35.5. The Morgan fingerprint density at radius 2 is 1.87 bits per heavy atom. The molecule has 0 radical (unpaired) electrons. The normalized spacial score (nSPS) is 11.3. The van der Waals surface area contributed by atoms with Gasteiger partial charge in [-0.2, -0.15) is 0 Å². The van der Waals surface area contributed by atoms with E-state index in [1.807, 2.05) is 12.1 Å². The fourth-order valence-electron chi connectivity index (χ4n) is 2.35. The number of rotatable bonds is 4. The van der Waals surface area contributed by atoms with Gasteiger partial charge in [-0.1, -0.05) is 49.1 Å². The lowest BCUT2D eigenvalue weighted by atomic mass is 10.00. The van der Waals surface area contributed by atoms with E-state index in [0.717, 1.165) is 5.56 Å². The molecule has 1 aromatic carbocycles. The maximum absolute atomic E-state index is 12.0. The zero-order valence-electron chi connectivity index (χ0n) is 13.8. The van der Waals surface area contributed by atoms with Crippen LogP contribution in [-0.4, -0.2) is 26.1 Å². The molecule has 0 spiro atoms. The van der Waals surface area contributed by atoms with Gasteiger partial charge in [0.2, 0.25) is 0 Å². The largest absolute Gasteiger partial charge is 0.464 e. The summed E-state index contributed by atoms with van der Waals surface area (Å²) in [5, 5.41) is 1.33. The number of halogens is 1. The van der Waals surface area contributed by atoms with E-state index in [1.54, 1.807) is 0 Å². The van der Waals surface area contributed by atoms with Crippen LogP contribution in [-0.2, 0) is 10.6 Å². The van der Waals surface area contributed by atoms with Gasteiger partial charge in [-0.05, 0) is 5.56 Å². The van der Waals surface area contributed by atoms with E-state index in [-0.39, 0.29) is 11.6 Å². The molecule has 0 unspecified atom stereocenters. The van der Waals surface area contributed by atoms with Crippen molar-refractivity contribution >= 4 is 36.5 Å². The van der Waals surface area contributed by atoms with Crippen LogP contribution in [0.3, 0.4) is 0 Å². The SMILES string of the molecule is COC(=O)c1ncc(CCl)c(N)c1-c1ccc([Si](C)(C)C)cc1. The van der Waals surface area contributed by atoms with E-state index in [4.69, 9.17) is 22.1 Å². The number of hydrogen-bond donors (Lipinski definition) is 1. The number of carbonyl (C=O) groups is 1. The number of methoxy groups -OCH3 is 1. The van der Waals surface area contributed by atoms with Crippen LogP contribution in [0.5, 0.6) is 0 Å². The lowest BCUT2D eigenvalue weighted by Crippen LogP contribution is -2.37. The maximum Gasteiger partial charge on any atom is 0.357 e. The number of carbonyl (C=O) groups excluding carboxylic acids is 1. The van der Waals surface area contributed by atoms with E-state index in [0.29, 0.717) is 16.8 Å². The average molecular weight is 349 g/mol. The Bertz CT molecular complexity index is 725. The molecule has 2 aromatic rings. The third-order valence-electron chi connectivity index (χ3n) is 3.76. The van der Waals surface area contributed by atoms with Gasteiger partial charge in [-0.3, -0.25) is 0 Å². The minimum atomic E-state index is -1.39. The van der Waals surface area contributed by atoms with Gasteiger partial charge in [0.15, 0.2) is 5.69 Å². The van der Waals surface area contributed by atoms with Gasteiger partial charge in [0, 0.05) is 23.0 Å². The monoisotopic (exact) mass is 348 g/mol. The molecular formula is C17H21ClN2O2Si. The molecule has 0 atom stereocenters. The van der Waals surface area contributed by atoms with Crippen LogP contribution in [0.15, 0.2) is 30.5 Å². The highest BCUT2D eigenvalue weighted by Crippen LogP contribution is 2.32. The highest BCUT2D eigenvalue weighted by molar-refractivity contribution is 6.88. The Morgan fingerprint density at radius 3 is 2.35 bits per heavy atom. The van der Waals surface area contributed by atoms with Crippen LogP contribution in [0.4, 0.5) is 5.69 Å². The molecule has 0 fully saturated rings. The van der Waals surface area contributed by atoms with Crippen LogP contribution < -0.4 is 10.9 Å². The quantitative estimate of drug-likeness (QED) is 0.522. The molecule has 0 aliphatic carbocycles. The molecule has 23 heavy (non-hydrogen) atoms. The van der Waals surface area contributed by atoms with E-state index < -0.39 is 14.0 Å². The molecule has 2 N–H and O–H groups in total. The van der Waals surface area contributed by atoms with Crippen LogP contribution in [0.1, 0.15) is 16.1 Å². The Balaban J connectivity index is 2.63. The smallest absolute Gasteiger partial charge is 0.357 e. The zero-order valence-corrected chi connectivity index (χ0v) is 15.6. The maximum atomic E-state index is 12.0. The number of nitrogen functional groups attached to an aromatic ring is 1. The first-order chi connectivity index (χ1) is 10.8. The van der Waals surface area contributed by atoms with Crippen LogP contribution >= 0.6 is 11.6 Å². The first-order valence-electron chi connectivity index (χ1n) is 7.32. The lowest BCUT2D eigenvalue weighted by Gasteiger charge is -2.18. The number of hydrogen-bond acceptors (Lipinski definition) is 4. The number of nitrogens with two attached hydrogens (primary N) is 1. The Kier molecular flexibility index (Phi) is 5.11. The fraction of sp³-hybridized carbons (Fsp3) is 0.294. The summed E-state index contributed by atoms with van der Waals surface area (Å²) in [4.78, 5) is 16.2. The predicted molar refractivity (Wildman–Crippen MR) is 98.0 cm³/mol. The second kappa shape index (κ2) is 6.72. The second-order valence-electron chi connectivity index (χ2n) is 6.37. The van der Waals surface area contributed by atoms with Gasteiger partial charge >= 0.3 is 5.97 Å². The molecule has 4 nitrogen and oxygen atoms in total. The van der Waals surface area contributed by atoms with E-state index >= 15 is 0 Å². The molecule has 2 rings (SSSR count). The molecule has 1 aromatic heterocycles. The topological polar surface area (TPSA) is 65.2 Å². The van der Waals surface area contributed by atoms with Crippen molar-refractivity contribution in [1.29, 1.82) is 0 Å². The predicted octanol–water partition coefficient (Wildman–Crippen LogP) is 3.40. The molecule has 0 saturated carbocycles. The molecule has 0 aliphatic heterocycles. The number of aromatic nitrogens is 1. The van der Waals surface area contributed by atoms with E-state index in [9.17, 15) is 4.79 Å². The van der Waals surface area contributed by atoms with E-state index in [1.165, 1.54) is 18.5 Å². The molecule has 6 heteroatoms. The average Bonchev–Trinajstić information content (AvgIpc) is 2.53. The van der Waals surface area contributed by atoms with Crippen molar-refractivity contribution in [3.8, 4) is 11.1 Å². The van der Waals surface area contributed by atoms with Gasteiger partial charge < -0.3 is 10.5 Å². The molecule has 1 heterocycles. The summed E-state index contributed by atoms with van der Waals surface area (Å²) in [5.74, 6) is -0.276. The highest BCUT2D eigenvalue weighted by Gasteiger charge is 2.21. The molecule has 0 saturated heterocycles. The van der Waals surface area contributed by atoms with Crippen molar-refractivity contribution in [3.63, 3.8) is 0 Å². The van der Waals surface area contributed by atoms with Crippen molar-refractivity contribution < 1.29 is 9.53 Å². The van der Waals surface area contributed by atoms with Gasteiger partial charge in [0.05, 0.1) is 21.1 Å². The minimum Gasteiger partial charge on any atom is -0.464 e. The molecule has 0 bridgehead atoms. The third kappa shape index (κ3) is 3.56. The van der Waals surface area contributed by atoms with Gasteiger partial charge in [-0.15, -0.1) is 11.6 Å². The first-order valence-corrected chi connectivity index (χ1v) is 11.4. The van der Waals surface area contributed by atoms with Gasteiger partial charge in [0.25, 0.3) is 0 Å². The Labute approximate surface area is 142 Å². The summed E-state index contributed by atoms with van der Waals surface area (Å²) in [5.41, 5.74) is 9.01. The number of ether oxygens (including phenoxy) is 1. The summed E-state index contributed by atoms with van der Waals surface area (Å²) in [7, 11) is -0.0634. The number of alkyl halides is 1. The molecule has 122 valence electrons. The number of nitrogens with zero attached hydrogens (tertiary/aromatic N) is 1. The third-order valence-corrected chi connectivity index (χ3v) is 6.12. The molecule has 0 aliphatic rings. The van der Waals surface area contributed by atoms with Crippen molar-refractivity contribution in [2.45, 2.75) is 25.5 Å². The van der Waals surface area contributed by atoms with Crippen molar-refractivity contribution in [1.82, 2.24) is 4.98 Å². The first kappa shape index (κ1) is 17.5. The summed E-state index contributed by atoms with van der Waals surface area (Å²) in [6, 6.07) is 8.14. The van der Waals surface area contributed by atoms with Crippen molar-refractivity contribution in [2.75, 3.05) is 12.8 Å². The fourth-order valence-corrected chi connectivity index (χ4v) is 3.73. The Morgan fingerprint density at radius 1 is 1.26 bits per heavy atom. The Hall–Kier alpha value is -1.85. The second-order valence-corrected chi connectivity index (χ2v) is 11.7. The van der Waals surface area contributed by atoms with Crippen LogP contribution in [0.2, 0.25) is 19.6 Å². The standard InChI is InChI=1S/C17H21ClN2O2Si/c1-22-17(21)16-14(15(19)12(9-18)10-20-16)11-5-7-13(8-6-11)23(2,3)4/h5-8,10H,9H2,1-4H3,(H2,19,20). The van der Waals surface area contributed by atoms with Gasteiger partial charge in [0.1, 0.15) is 0 Å². The van der Waals surface area contributed by atoms with Gasteiger partial charge in [-0.25, -0.2) is 9.78 Å². The van der Waals surface area contributed by atoms with Crippen LogP contribution in [0.25, 0.3) is 11.1 Å². The molecule has 0 amide bonds. The van der Waals surface area contributed by atoms with Crippen LogP contribution in [0, 0.1) is 0 Å².